The molecule has 1 aromatic heterocycles. The number of likely N-dealkylation sites (N-methyl/N-ethyl adjacent to an activating group) is 1. The van der Waals surface area contributed by atoms with Crippen molar-refractivity contribution in [2.24, 2.45) is 17.8 Å². The number of carbonyl (C=O) groups excluding carboxylic acids is 7. The Morgan fingerprint density at radius 3 is 2.26 bits per heavy atom. The zero-order valence-electron chi connectivity index (χ0n) is 45.7. The molecule has 2 unspecified atom stereocenters. The normalized spacial score (nSPS) is 22.5. The highest BCUT2D eigenvalue weighted by atomic mass is 35.5. The predicted octanol–water partition coefficient (Wildman–Crippen LogP) is 7.11. The minimum absolute atomic E-state index is 0.0414. The summed E-state index contributed by atoms with van der Waals surface area (Å²) in [6.45, 7) is 7.01. The Bertz CT molecular complexity index is 3190. The number of thiazole rings is 1. The number of rotatable bonds is 15. The van der Waals surface area contributed by atoms with Crippen molar-refractivity contribution in [1.82, 2.24) is 35.6 Å². The van der Waals surface area contributed by atoms with Gasteiger partial charge in [0.2, 0.25) is 35.4 Å². The zero-order chi connectivity index (χ0) is 56.2. The summed E-state index contributed by atoms with van der Waals surface area (Å²) in [5.41, 5.74) is 3.49. The van der Waals surface area contributed by atoms with E-state index in [2.05, 4.69) is 43.2 Å². The molecular weight excluding hydrogens is 1070 g/mol. The highest BCUT2D eigenvalue weighted by molar-refractivity contribution is 7.22. The maximum atomic E-state index is 14.4. The Labute approximate surface area is 480 Å². The van der Waals surface area contributed by atoms with Crippen LogP contribution in [-0.2, 0) is 33.6 Å². The first-order valence-corrected chi connectivity index (χ1v) is 29.9. The number of nitrogens with zero attached hydrogens (tertiary/aromatic N) is 5. The molecule has 426 valence electrons. The van der Waals surface area contributed by atoms with Crippen LogP contribution in [0.25, 0.3) is 20.8 Å². The van der Waals surface area contributed by atoms with Gasteiger partial charge in [-0.1, -0.05) is 41.9 Å². The summed E-state index contributed by atoms with van der Waals surface area (Å²) in [6.07, 6.45) is 6.15. The zero-order valence-corrected chi connectivity index (χ0v) is 47.3. The Morgan fingerprint density at radius 2 is 1.51 bits per heavy atom. The number of carbonyl (C=O) groups is 7. The molecule has 6 aliphatic rings. The predicted molar refractivity (Wildman–Crippen MR) is 309 cm³/mol. The van der Waals surface area contributed by atoms with Crippen LogP contribution in [0.1, 0.15) is 93.6 Å². The van der Waals surface area contributed by atoms with Crippen molar-refractivity contribution < 1.29 is 43.0 Å². The first-order chi connectivity index (χ1) is 39.3. The number of nitrogens with one attached hydrogen (secondary N) is 4. The highest BCUT2D eigenvalue weighted by Gasteiger charge is 2.46. The number of piperidine rings is 3. The van der Waals surface area contributed by atoms with Gasteiger partial charge in [0.25, 0.3) is 5.91 Å². The molecule has 4 N–H and O–H groups in total. The van der Waals surface area contributed by atoms with Gasteiger partial charge in [-0.15, -0.1) is 11.3 Å². The number of hydrogen-bond acceptors (Lipinski definition) is 13. The second kappa shape index (κ2) is 24.6. The smallest absolute Gasteiger partial charge is 0.264 e. The third-order valence-corrected chi connectivity index (χ3v) is 19.0. The Kier molecular flexibility index (Phi) is 16.9. The fourth-order valence-corrected chi connectivity index (χ4v) is 14.1. The molecular formula is C61H70ClN9O9S. The summed E-state index contributed by atoms with van der Waals surface area (Å²) in [6, 6.07) is 26.5. The molecule has 11 rings (SSSR count). The van der Waals surface area contributed by atoms with Crippen molar-refractivity contribution in [1.29, 1.82) is 0 Å². The molecule has 0 spiro atoms. The number of benzene rings is 4. The van der Waals surface area contributed by atoms with E-state index in [1.165, 1.54) is 11.3 Å². The minimum Gasteiger partial charge on any atom is -0.492 e. The molecule has 5 aliphatic heterocycles. The van der Waals surface area contributed by atoms with E-state index in [9.17, 15) is 33.6 Å². The van der Waals surface area contributed by atoms with Gasteiger partial charge >= 0.3 is 0 Å². The standard InChI is InChI=1S/C61H70ClN9O9S/c1-63-60(78)61(80-51-11-3-2-8-45(51)57-66-50-10-5-9-48(62)54(50)81-57)22-27-70(28-23-61)59(77)47-36-53(73)65-49-18-16-43(35-46(47)49)79-33-24-64-55(74)39-12-14-40(15-13-39)58(76)71-31-29-68(30-32-71)37-38-20-25-69(26-21-38)42-7-4-6-41(34-42)44-17-19-52(72)67-56(44)75/h2-11,16,18,34-35,38-40,44,47H,12-15,17,19-33,36-37H2,1H3,(H,63,78)(H,64,74)(H,65,73)(H,67,72,75). The molecule has 4 aromatic carbocycles. The second-order valence-corrected chi connectivity index (χ2v) is 23.9. The van der Waals surface area contributed by atoms with Crippen molar-refractivity contribution in [2.45, 2.75) is 88.1 Å². The van der Waals surface area contributed by atoms with Gasteiger partial charge in [-0.25, -0.2) is 4.98 Å². The number of para-hydroxylation sites is 1. The van der Waals surface area contributed by atoms with Crippen molar-refractivity contribution >= 4 is 85.9 Å². The number of amides is 7. The average Bonchev–Trinajstić information content (AvgIpc) is 4.08. The number of imide groups is 1. The molecule has 6 heterocycles. The van der Waals surface area contributed by atoms with Crippen LogP contribution in [0.5, 0.6) is 11.5 Å². The molecule has 4 saturated heterocycles. The first kappa shape index (κ1) is 55.8. The number of halogens is 1. The fraction of sp³-hybridized carbons (Fsp3) is 0.475. The maximum absolute atomic E-state index is 14.4. The molecule has 5 fully saturated rings. The van der Waals surface area contributed by atoms with Gasteiger partial charge in [-0.05, 0) is 117 Å². The van der Waals surface area contributed by atoms with Crippen LogP contribution in [0, 0.1) is 17.8 Å². The molecule has 5 aromatic rings. The Hall–Kier alpha value is -7.09. The Balaban J connectivity index is 0.604. The van der Waals surface area contributed by atoms with E-state index in [0.29, 0.717) is 77.2 Å². The van der Waals surface area contributed by atoms with E-state index < -0.39 is 11.5 Å². The molecule has 2 atom stereocenters. The maximum Gasteiger partial charge on any atom is 0.264 e. The third-order valence-electron chi connectivity index (χ3n) is 17.5. The van der Waals surface area contributed by atoms with E-state index in [-0.39, 0.29) is 105 Å². The van der Waals surface area contributed by atoms with Crippen LogP contribution >= 0.6 is 22.9 Å². The van der Waals surface area contributed by atoms with E-state index in [1.807, 2.05) is 59.5 Å². The fourth-order valence-electron chi connectivity index (χ4n) is 12.8. The summed E-state index contributed by atoms with van der Waals surface area (Å²) in [5, 5.41) is 12.5. The third kappa shape index (κ3) is 12.4. The van der Waals surface area contributed by atoms with Gasteiger partial charge in [0.05, 0.1) is 39.2 Å². The van der Waals surface area contributed by atoms with Crippen LogP contribution in [0.15, 0.2) is 84.9 Å². The van der Waals surface area contributed by atoms with Crippen LogP contribution < -0.4 is 35.6 Å². The van der Waals surface area contributed by atoms with Crippen molar-refractivity contribution in [3.05, 3.63) is 101 Å². The number of hydrogen-bond donors (Lipinski definition) is 4. The molecule has 18 nitrogen and oxygen atoms in total. The van der Waals surface area contributed by atoms with Crippen LogP contribution in [0.3, 0.4) is 0 Å². The van der Waals surface area contributed by atoms with E-state index >= 15 is 0 Å². The summed E-state index contributed by atoms with van der Waals surface area (Å²) < 4.78 is 13.7. The lowest BCUT2D eigenvalue weighted by atomic mass is 9.81. The average molecular weight is 1140 g/mol. The largest absolute Gasteiger partial charge is 0.492 e. The van der Waals surface area contributed by atoms with Crippen molar-refractivity contribution in [3.63, 3.8) is 0 Å². The van der Waals surface area contributed by atoms with Crippen LogP contribution in [0.4, 0.5) is 11.4 Å². The van der Waals surface area contributed by atoms with E-state index in [4.69, 9.17) is 26.1 Å². The van der Waals surface area contributed by atoms with E-state index in [1.54, 1.807) is 30.1 Å². The lowest BCUT2D eigenvalue weighted by molar-refractivity contribution is -0.147. The first-order valence-electron chi connectivity index (χ1n) is 28.7. The topological polar surface area (TPSA) is 212 Å². The second-order valence-electron chi connectivity index (χ2n) is 22.5. The van der Waals surface area contributed by atoms with Gasteiger partial charge in [0.15, 0.2) is 5.60 Å². The molecule has 7 amide bonds. The van der Waals surface area contributed by atoms with E-state index in [0.717, 1.165) is 85.7 Å². The highest BCUT2D eigenvalue weighted by Crippen LogP contribution is 2.43. The number of piperazine rings is 1. The summed E-state index contributed by atoms with van der Waals surface area (Å²) >= 11 is 7.94. The molecule has 1 aliphatic carbocycles. The van der Waals surface area contributed by atoms with Crippen LogP contribution in [-0.4, -0.2) is 146 Å². The van der Waals surface area contributed by atoms with Gasteiger partial charge in [-0.3, -0.25) is 43.8 Å². The summed E-state index contributed by atoms with van der Waals surface area (Å²) in [5.74, 6) is -0.745. The molecule has 81 heavy (non-hydrogen) atoms. The monoisotopic (exact) mass is 1140 g/mol. The number of fused-ring (bicyclic) bond motifs is 2. The summed E-state index contributed by atoms with van der Waals surface area (Å²) in [4.78, 5) is 106. The number of anilines is 2. The van der Waals surface area contributed by atoms with Crippen molar-refractivity contribution in [3.8, 4) is 22.1 Å². The Morgan fingerprint density at radius 1 is 0.765 bits per heavy atom. The molecule has 20 heteroatoms. The quantitative estimate of drug-likeness (QED) is 0.0611. The van der Waals surface area contributed by atoms with Crippen LogP contribution in [0.2, 0.25) is 5.02 Å². The summed E-state index contributed by atoms with van der Waals surface area (Å²) in [7, 11) is 1.57. The minimum atomic E-state index is -1.27. The van der Waals surface area contributed by atoms with Gasteiger partial charge < -0.3 is 40.1 Å². The lowest BCUT2D eigenvalue weighted by Crippen LogP contribution is -2.58. The van der Waals surface area contributed by atoms with Gasteiger partial charge in [0, 0.05) is 115 Å². The number of ether oxygens (including phenoxy) is 2. The number of aromatic nitrogens is 1. The number of likely N-dealkylation sites (tertiary alicyclic amines) is 1. The SMILES string of the molecule is CNC(=O)C1(Oc2ccccc2-c2nc3cccc(Cl)c3s2)CCN(C(=O)C2CC(=O)Nc3ccc(OCCNC(=O)C4CCC(C(=O)N5CCN(CC6CCN(c7cccc(C8CCC(=O)NC8=O)c7)CC6)CC5)CC4)cc32)CC1. The van der Waals surface area contributed by atoms with Crippen molar-refractivity contribution in [2.75, 3.05) is 89.3 Å². The molecule has 1 saturated carbocycles. The molecule has 0 bridgehead atoms. The van der Waals surface area contributed by atoms with Gasteiger partial charge in [-0.2, -0.15) is 0 Å². The lowest BCUT2D eigenvalue weighted by Gasteiger charge is -2.42. The van der Waals surface area contributed by atoms with Gasteiger partial charge in [0.1, 0.15) is 23.1 Å². The molecule has 0 radical (unpaired) electrons.